The highest BCUT2D eigenvalue weighted by atomic mass is 19.1. The van der Waals surface area contributed by atoms with Crippen LogP contribution in [0.4, 0.5) is 4.39 Å². The van der Waals surface area contributed by atoms with E-state index in [1.54, 1.807) is 6.07 Å². The first-order valence-electron chi connectivity index (χ1n) is 9.36. The molecular weight excluding hydrogens is 341 g/mol. The molecule has 0 unspecified atom stereocenters. The molecule has 0 aliphatic carbocycles. The minimum absolute atomic E-state index is 0.190. The van der Waals surface area contributed by atoms with Crippen molar-refractivity contribution in [1.29, 1.82) is 0 Å². The number of aliphatic imine (C=N–C) groups is 1. The molecule has 0 bridgehead atoms. The summed E-state index contributed by atoms with van der Waals surface area (Å²) >= 11 is 0. The molecule has 1 heterocycles. The van der Waals surface area contributed by atoms with Crippen molar-refractivity contribution in [3.63, 3.8) is 0 Å². The standard InChI is InChI=1S/C21H26FN5/c1-3-23-21(24-12-10-16-8-9-17(22)14-15(16)2)25-13-11-20-26-18-6-4-5-7-19(18)27-20/h4-9,14H,3,10-13H2,1-2H3,(H,26,27)(H2,23,24,25). The number of nitrogens with one attached hydrogen (secondary N) is 3. The number of imidazole rings is 1. The third-order valence-corrected chi connectivity index (χ3v) is 4.39. The molecule has 2 aromatic carbocycles. The number of benzene rings is 2. The van der Waals surface area contributed by atoms with Crippen molar-refractivity contribution in [2.24, 2.45) is 4.99 Å². The zero-order chi connectivity index (χ0) is 19.1. The van der Waals surface area contributed by atoms with Crippen LogP contribution in [-0.2, 0) is 12.8 Å². The van der Waals surface area contributed by atoms with Crippen molar-refractivity contribution in [2.75, 3.05) is 19.6 Å². The summed E-state index contributed by atoms with van der Waals surface area (Å²) in [5.74, 6) is 1.54. The molecule has 27 heavy (non-hydrogen) atoms. The summed E-state index contributed by atoms with van der Waals surface area (Å²) in [4.78, 5) is 12.5. The first kappa shape index (κ1) is 18.9. The van der Waals surface area contributed by atoms with Crippen molar-refractivity contribution >= 4 is 17.0 Å². The van der Waals surface area contributed by atoms with E-state index in [1.807, 2.05) is 44.2 Å². The Hall–Kier alpha value is -2.89. The molecule has 0 aliphatic heterocycles. The Bertz CT molecular complexity index is 883. The lowest BCUT2D eigenvalue weighted by atomic mass is 10.1. The number of para-hydroxylation sites is 2. The number of nitrogens with zero attached hydrogens (tertiary/aromatic N) is 2. The highest BCUT2D eigenvalue weighted by Crippen LogP contribution is 2.11. The lowest BCUT2D eigenvalue weighted by Gasteiger charge is -2.12. The number of hydrogen-bond donors (Lipinski definition) is 3. The maximum Gasteiger partial charge on any atom is 0.191 e. The fourth-order valence-electron chi connectivity index (χ4n) is 2.99. The highest BCUT2D eigenvalue weighted by molar-refractivity contribution is 5.79. The Kier molecular flexibility index (Phi) is 6.41. The number of halogens is 1. The van der Waals surface area contributed by atoms with E-state index in [0.29, 0.717) is 6.54 Å². The predicted molar refractivity (Wildman–Crippen MR) is 109 cm³/mol. The van der Waals surface area contributed by atoms with Gasteiger partial charge in [-0.1, -0.05) is 18.2 Å². The third kappa shape index (κ3) is 5.29. The molecule has 5 nitrogen and oxygen atoms in total. The van der Waals surface area contributed by atoms with Crippen molar-refractivity contribution in [3.8, 4) is 0 Å². The maximum atomic E-state index is 13.2. The Morgan fingerprint density at radius 3 is 2.78 bits per heavy atom. The molecule has 0 amide bonds. The van der Waals surface area contributed by atoms with E-state index in [9.17, 15) is 4.39 Å². The van der Waals surface area contributed by atoms with Gasteiger partial charge in [-0.25, -0.2) is 9.37 Å². The van der Waals surface area contributed by atoms with E-state index >= 15 is 0 Å². The zero-order valence-electron chi connectivity index (χ0n) is 15.8. The molecular formula is C21H26FN5. The minimum atomic E-state index is -0.190. The number of rotatable bonds is 7. The number of hydrogen-bond acceptors (Lipinski definition) is 2. The first-order chi connectivity index (χ1) is 13.2. The van der Waals surface area contributed by atoms with Gasteiger partial charge >= 0.3 is 0 Å². The number of guanidine groups is 1. The summed E-state index contributed by atoms with van der Waals surface area (Å²) in [5.41, 5.74) is 4.15. The molecule has 1 aromatic heterocycles. The van der Waals surface area contributed by atoms with Gasteiger partial charge in [0.15, 0.2) is 5.96 Å². The van der Waals surface area contributed by atoms with Crippen molar-refractivity contribution in [1.82, 2.24) is 20.6 Å². The number of aromatic nitrogens is 2. The fourth-order valence-corrected chi connectivity index (χ4v) is 2.99. The molecule has 3 rings (SSSR count). The lowest BCUT2D eigenvalue weighted by Crippen LogP contribution is -2.38. The second kappa shape index (κ2) is 9.16. The van der Waals surface area contributed by atoms with Crippen molar-refractivity contribution in [3.05, 3.63) is 65.2 Å². The van der Waals surface area contributed by atoms with E-state index in [1.165, 1.54) is 6.07 Å². The smallest absolute Gasteiger partial charge is 0.191 e. The van der Waals surface area contributed by atoms with E-state index in [0.717, 1.165) is 59.9 Å². The molecule has 3 aromatic rings. The topological polar surface area (TPSA) is 65.1 Å². The largest absolute Gasteiger partial charge is 0.357 e. The summed E-state index contributed by atoms with van der Waals surface area (Å²) in [5, 5.41) is 6.59. The van der Waals surface area contributed by atoms with E-state index < -0.39 is 0 Å². The minimum Gasteiger partial charge on any atom is -0.357 e. The van der Waals surface area contributed by atoms with Crippen LogP contribution in [-0.4, -0.2) is 35.6 Å². The molecule has 0 fully saturated rings. The van der Waals surface area contributed by atoms with Gasteiger partial charge in [-0.2, -0.15) is 0 Å². The molecule has 6 heteroatoms. The van der Waals surface area contributed by atoms with Crippen LogP contribution in [0.15, 0.2) is 47.5 Å². The quantitative estimate of drug-likeness (QED) is 0.443. The van der Waals surface area contributed by atoms with E-state index in [2.05, 4.69) is 25.6 Å². The maximum absolute atomic E-state index is 13.2. The average molecular weight is 367 g/mol. The summed E-state index contributed by atoms with van der Waals surface area (Å²) in [6, 6.07) is 12.9. The summed E-state index contributed by atoms with van der Waals surface area (Å²) in [7, 11) is 0. The molecule has 0 radical (unpaired) electrons. The van der Waals surface area contributed by atoms with Crippen molar-refractivity contribution in [2.45, 2.75) is 26.7 Å². The van der Waals surface area contributed by atoms with E-state index in [-0.39, 0.29) is 5.82 Å². The molecule has 3 N–H and O–H groups in total. The highest BCUT2D eigenvalue weighted by Gasteiger charge is 2.03. The number of H-pyrrole nitrogens is 1. The SMILES string of the molecule is CCNC(=NCCc1nc2ccccc2[nH]1)NCCc1ccc(F)cc1C. The van der Waals surface area contributed by atoms with Crippen LogP contribution in [0.25, 0.3) is 11.0 Å². The number of aryl methyl sites for hydroxylation is 1. The fraction of sp³-hybridized carbons (Fsp3) is 0.333. The van der Waals surface area contributed by atoms with Crippen LogP contribution in [0.1, 0.15) is 23.9 Å². The molecule has 0 saturated carbocycles. The summed E-state index contributed by atoms with van der Waals surface area (Å²) in [6.07, 6.45) is 1.57. The van der Waals surface area contributed by atoms with Gasteiger partial charge in [0, 0.05) is 26.1 Å². The lowest BCUT2D eigenvalue weighted by molar-refractivity contribution is 0.625. The number of fused-ring (bicyclic) bond motifs is 1. The second-order valence-electron chi connectivity index (χ2n) is 6.46. The van der Waals surface area contributed by atoms with Crippen LogP contribution in [0.3, 0.4) is 0 Å². The Morgan fingerprint density at radius 1 is 1.15 bits per heavy atom. The summed E-state index contributed by atoms with van der Waals surface area (Å²) in [6.45, 7) is 6.16. The average Bonchev–Trinajstić information content (AvgIpc) is 3.06. The van der Waals surface area contributed by atoms with Gasteiger partial charge in [0.2, 0.25) is 0 Å². The van der Waals surface area contributed by atoms with Crippen molar-refractivity contribution < 1.29 is 4.39 Å². The van der Waals surface area contributed by atoms with Crippen LogP contribution in [0.5, 0.6) is 0 Å². The predicted octanol–water partition coefficient (Wildman–Crippen LogP) is 3.35. The molecule has 0 atom stereocenters. The van der Waals surface area contributed by atoms with Gasteiger partial charge in [-0.3, -0.25) is 4.99 Å². The van der Waals surface area contributed by atoms with Gasteiger partial charge in [-0.05, 0) is 55.7 Å². The molecule has 142 valence electrons. The van der Waals surface area contributed by atoms with Crippen LogP contribution < -0.4 is 10.6 Å². The Labute approximate surface area is 159 Å². The van der Waals surface area contributed by atoms with Crippen LogP contribution in [0.2, 0.25) is 0 Å². The van der Waals surface area contributed by atoms with Crippen LogP contribution >= 0.6 is 0 Å². The molecule has 0 spiro atoms. The molecule has 0 saturated heterocycles. The zero-order valence-corrected chi connectivity index (χ0v) is 15.8. The first-order valence-corrected chi connectivity index (χ1v) is 9.36. The normalized spacial score (nSPS) is 11.7. The monoisotopic (exact) mass is 367 g/mol. The summed E-state index contributed by atoms with van der Waals surface area (Å²) < 4.78 is 13.2. The van der Waals surface area contributed by atoms with Crippen LogP contribution in [0, 0.1) is 12.7 Å². The van der Waals surface area contributed by atoms with Gasteiger partial charge in [-0.15, -0.1) is 0 Å². The van der Waals surface area contributed by atoms with Gasteiger partial charge in [0.1, 0.15) is 11.6 Å². The van der Waals surface area contributed by atoms with Gasteiger partial charge < -0.3 is 15.6 Å². The van der Waals surface area contributed by atoms with E-state index in [4.69, 9.17) is 0 Å². The van der Waals surface area contributed by atoms with Gasteiger partial charge in [0.25, 0.3) is 0 Å². The Balaban J connectivity index is 1.52. The molecule has 0 aliphatic rings. The third-order valence-electron chi connectivity index (χ3n) is 4.39. The van der Waals surface area contributed by atoms with Gasteiger partial charge in [0.05, 0.1) is 11.0 Å². The Morgan fingerprint density at radius 2 is 2.00 bits per heavy atom. The second-order valence-corrected chi connectivity index (χ2v) is 6.46. The number of aromatic amines is 1.